The first-order chi connectivity index (χ1) is 13.2. The fourth-order valence-electron chi connectivity index (χ4n) is 3.54. The first-order valence-electron chi connectivity index (χ1n) is 8.82. The highest BCUT2D eigenvalue weighted by molar-refractivity contribution is 6.36. The molecule has 2 aromatic carbocycles. The number of aromatic nitrogens is 2. The SMILES string of the molecule is Cc1c(Nc2c(F)ccc(N3CC(C)(F)C3)c2Cl)ccc2ncn(C)c(=O)c12. The van der Waals surface area contributed by atoms with E-state index in [1.807, 2.05) is 0 Å². The highest BCUT2D eigenvalue weighted by Crippen LogP contribution is 2.41. The summed E-state index contributed by atoms with van der Waals surface area (Å²) >= 11 is 6.45. The average Bonchev–Trinajstić information content (AvgIpc) is 2.61. The van der Waals surface area contributed by atoms with Crippen LogP contribution in [-0.2, 0) is 7.05 Å². The lowest BCUT2D eigenvalue weighted by Crippen LogP contribution is -2.57. The summed E-state index contributed by atoms with van der Waals surface area (Å²) in [6.45, 7) is 3.70. The minimum atomic E-state index is -1.27. The molecule has 146 valence electrons. The Balaban J connectivity index is 1.77. The number of alkyl halides is 1. The van der Waals surface area contributed by atoms with Crippen LogP contribution in [0, 0.1) is 12.7 Å². The molecule has 4 rings (SSSR count). The predicted molar refractivity (Wildman–Crippen MR) is 108 cm³/mol. The smallest absolute Gasteiger partial charge is 0.261 e. The molecule has 1 aliphatic heterocycles. The Morgan fingerprint density at radius 3 is 2.64 bits per heavy atom. The van der Waals surface area contributed by atoms with Crippen LogP contribution in [-0.4, -0.2) is 28.3 Å². The van der Waals surface area contributed by atoms with Gasteiger partial charge in [-0.1, -0.05) is 11.6 Å². The van der Waals surface area contributed by atoms with Crippen molar-refractivity contribution in [3.8, 4) is 0 Å². The van der Waals surface area contributed by atoms with Crippen molar-refractivity contribution < 1.29 is 8.78 Å². The van der Waals surface area contributed by atoms with Gasteiger partial charge in [0.1, 0.15) is 11.5 Å². The molecule has 0 bridgehead atoms. The summed E-state index contributed by atoms with van der Waals surface area (Å²) in [7, 11) is 1.63. The Labute approximate surface area is 165 Å². The van der Waals surface area contributed by atoms with Crippen LogP contribution >= 0.6 is 11.6 Å². The van der Waals surface area contributed by atoms with Gasteiger partial charge in [-0.3, -0.25) is 4.79 Å². The number of fused-ring (bicyclic) bond motifs is 1. The average molecular weight is 405 g/mol. The van der Waals surface area contributed by atoms with E-state index in [0.29, 0.717) is 27.8 Å². The fourth-order valence-corrected chi connectivity index (χ4v) is 3.86. The lowest BCUT2D eigenvalue weighted by atomic mass is 9.98. The van der Waals surface area contributed by atoms with Crippen LogP contribution in [0.4, 0.5) is 25.8 Å². The molecule has 0 amide bonds. The summed E-state index contributed by atoms with van der Waals surface area (Å²) in [5.41, 5.74) is 0.963. The standard InChI is InChI=1S/C20H19ClF2N4O/c1-11-13(5-6-14-16(11)19(28)26(3)10-24-14)25-18-12(22)4-7-15(17(18)21)27-8-20(2,23)9-27/h4-7,10,25H,8-9H2,1-3H3. The van der Waals surface area contributed by atoms with Gasteiger partial charge in [-0.2, -0.15) is 0 Å². The molecule has 0 atom stereocenters. The molecular formula is C20H19ClF2N4O. The van der Waals surface area contributed by atoms with E-state index in [4.69, 9.17) is 11.6 Å². The molecule has 1 aromatic heterocycles. The van der Waals surface area contributed by atoms with E-state index in [9.17, 15) is 13.6 Å². The Morgan fingerprint density at radius 1 is 1.25 bits per heavy atom. The van der Waals surface area contributed by atoms with Gasteiger partial charge < -0.3 is 14.8 Å². The lowest BCUT2D eigenvalue weighted by Gasteiger charge is -2.44. The van der Waals surface area contributed by atoms with Gasteiger partial charge in [0, 0.05) is 12.7 Å². The largest absolute Gasteiger partial charge is 0.364 e. The third kappa shape index (κ3) is 2.99. The second-order valence-electron chi connectivity index (χ2n) is 7.44. The number of nitrogens with zero attached hydrogens (tertiary/aromatic N) is 3. The summed E-state index contributed by atoms with van der Waals surface area (Å²) in [4.78, 5) is 18.5. The molecule has 1 aliphatic rings. The molecule has 3 aromatic rings. The second-order valence-corrected chi connectivity index (χ2v) is 7.82. The van der Waals surface area contributed by atoms with Gasteiger partial charge in [0.05, 0.1) is 46.7 Å². The van der Waals surface area contributed by atoms with Crippen molar-refractivity contribution in [2.45, 2.75) is 19.5 Å². The van der Waals surface area contributed by atoms with E-state index in [1.54, 1.807) is 37.1 Å². The number of hydrogen-bond acceptors (Lipinski definition) is 4. The van der Waals surface area contributed by atoms with Crippen LogP contribution in [0.3, 0.4) is 0 Å². The Hall–Kier alpha value is -2.67. The molecule has 0 radical (unpaired) electrons. The van der Waals surface area contributed by atoms with E-state index in [0.717, 1.165) is 0 Å². The molecule has 0 spiro atoms. The number of rotatable bonds is 3. The van der Waals surface area contributed by atoms with Crippen molar-refractivity contribution in [2.75, 3.05) is 23.3 Å². The van der Waals surface area contributed by atoms with E-state index in [-0.39, 0.29) is 29.4 Å². The summed E-state index contributed by atoms with van der Waals surface area (Å²) in [5.74, 6) is -0.532. The zero-order valence-electron chi connectivity index (χ0n) is 15.7. The maximum Gasteiger partial charge on any atom is 0.261 e. The molecule has 0 saturated carbocycles. The Bertz CT molecular complexity index is 1150. The van der Waals surface area contributed by atoms with Crippen LogP contribution < -0.4 is 15.8 Å². The van der Waals surface area contributed by atoms with Crippen molar-refractivity contribution in [2.24, 2.45) is 7.05 Å². The normalized spacial score (nSPS) is 15.6. The van der Waals surface area contributed by atoms with Crippen LogP contribution in [0.25, 0.3) is 10.9 Å². The van der Waals surface area contributed by atoms with E-state index in [1.165, 1.54) is 23.9 Å². The number of anilines is 3. The number of halogens is 3. The topological polar surface area (TPSA) is 50.2 Å². The maximum absolute atomic E-state index is 14.5. The quantitative estimate of drug-likeness (QED) is 0.706. The molecule has 1 N–H and O–H groups in total. The summed E-state index contributed by atoms with van der Waals surface area (Å²) in [6, 6.07) is 6.28. The molecule has 0 aliphatic carbocycles. The maximum atomic E-state index is 14.5. The third-order valence-corrected chi connectivity index (χ3v) is 5.44. The molecule has 28 heavy (non-hydrogen) atoms. The Morgan fingerprint density at radius 2 is 1.96 bits per heavy atom. The van der Waals surface area contributed by atoms with Crippen molar-refractivity contribution in [1.29, 1.82) is 0 Å². The number of aryl methyl sites for hydroxylation is 2. The molecule has 5 nitrogen and oxygen atoms in total. The van der Waals surface area contributed by atoms with Crippen molar-refractivity contribution in [1.82, 2.24) is 9.55 Å². The summed E-state index contributed by atoms with van der Waals surface area (Å²) in [5, 5.41) is 3.64. The molecule has 1 saturated heterocycles. The summed E-state index contributed by atoms with van der Waals surface area (Å²) < 4.78 is 29.8. The number of benzene rings is 2. The van der Waals surface area contributed by atoms with E-state index in [2.05, 4.69) is 10.3 Å². The van der Waals surface area contributed by atoms with Crippen molar-refractivity contribution in [3.63, 3.8) is 0 Å². The van der Waals surface area contributed by atoms with Gasteiger partial charge in [-0.25, -0.2) is 13.8 Å². The third-order valence-electron chi connectivity index (χ3n) is 5.06. The first kappa shape index (κ1) is 18.7. The predicted octanol–water partition coefficient (Wildman–Crippen LogP) is 4.33. The minimum absolute atomic E-state index is 0.0924. The molecule has 0 unspecified atom stereocenters. The van der Waals surface area contributed by atoms with Gasteiger partial charge in [-0.15, -0.1) is 0 Å². The number of nitrogens with one attached hydrogen (secondary N) is 1. The van der Waals surface area contributed by atoms with Gasteiger partial charge in [0.25, 0.3) is 5.56 Å². The van der Waals surface area contributed by atoms with Crippen LogP contribution in [0.2, 0.25) is 5.02 Å². The molecular weight excluding hydrogens is 386 g/mol. The monoisotopic (exact) mass is 404 g/mol. The first-order valence-corrected chi connectivity index (χ1v) is 9.19. The Kier molecular flexibility index (Phi) is 4.30. The second kappa shape index (κ2) is 6.44. The highest BCUT2D eigenvalue weighted by Gasteiger charge is 2.40. The summed E-state index contributed by atoms with van der Waals surface area (Å²) in [6.07, 6.45) is 1.46. The highest BCUT2D eigenvalue weighted by atomic mass is 35.5. The molecule has 2 heterocycles. The molecule has 8 heteroatoms. The van der Waals surface area contributed by atoms with Crippen LogP contribution in [0.1, 0.15) is 12.5 Å². The van der Waals surface area contributed by atoms with E-state index >= 15 is 0 Å². The minimum Gasteiger partial charge on any atom is -0.364 e. The van der Waals surface area contributed by atoms with Gasteiger partial charge in [-0.05, 0) is 43.7 Å². The van der Waals surface area contributed by atoms with Crippen molar-refractivity contribution in [3.05, 3.63) is 57.3 Å². The van der Waals surface area contributed by atoms with Gasteiger partial charge in [0.15, 0.2) is 0 Å². The van der Waals surface area contributed by atoms with E-state index < -0.39 is 11.5 Å². The van der Waals surface area contributed by atoms with Crippen LogP contribution in [0.15, 0.2) is 35.4 Å². The lowest BCUT2D eigenvalue weighted by molar-refractivity contribution is 0.144. The zero-order chi connectivity index (χ0) is 20.2. The van der Waals surface area contributed by atoms with Gasteiger partial charge in [0.2, 0.25) is 0 Å². The fraction of sp³-hybridized carbons (Fsp3) is 0.300. The molecule has 1 fully saturated rings. The number of hydrogen-bond donors (Lipinski definition) is 1. The van der Waals surface area contributed by atoms with Gasteiger partial charge >= 0.3 is 0 Å². The van der Waals surface area contributed by atoms with Crippen molar-refractivity contribution >= 4 is 39.6 Å². The zero-order valence-corrected chi connectivity index (χ0v) is 16.4. The van der Waals surface area contributed by atoms with Crippen LogP contribution in [0.5, 0.6) is 0 Å².